The number of carbonyl (C=O) groups excluding carboxylic acids is 1. The Labute approximate surface area is 149 Å². The van der Waals surface area contributed by atoms with Crippen LogP contribution in [0.5, 0.6) is 0 Å². The summed E-state index contributed by atoms with van der Waals surface area (Å²) in [5, 5.41) is 2.85. The first-order chi connectivity index (χ1) is 12.2. The Morgan fingerprint density at radius 1 is 1.16 bits per heavy atom. The van der Waals surface area contributed by atoms with Gasteiger partial charge in [-0.2, -0.15) is 0 Å². The molecule has 1 saturated heterocycles. The lowest BCUT2D eigenvalue weighted by Crippen LogP contribution is -2.51. The Morgan fingerprint density at radius 3 is 2.80 bits per heavy atom. The zero-order valence-corrected chi connectivity index (χ0v) is 14.9. The number of rotatable bonds is 2. The molecule has 2 saturated carbocycles. The van der Waals surface area contributed by atoms with Gasteiger partial charge in [0.15, 0.2) is 0 Å². The van der Waals surface area contributed by atoms with Crippen LogP contribution in [0.25, 0.3) is 0 Å². The summed E-state index contributed by atoms with van der Waals surface area (Å²) in [6.45, 7) is 3.33. The molecule has 25 heavy (non-hydrogen) atoms. The third-order valence-electron chi connectivity index (χ3n) is 7.28. The molecular formula is C21H28N2O2. The van der Waals surface area contributed by atoms with E-state index >= 15 is 0 Å². The maximum atomic E-state index is 12.0. The first kappa shape index (κ1) is 15.7. The molecule has 1 N–H and O–H groups in total. The minimum Gasteiger partial charge on any atom is -0.438 e. The number of hydrogen-bond acceptors (Lipinski definition) is 3. The zero-order valence-electron chi connectivity index (χ0n) is 14.9. The SMILES string of the molecule is O=C1Nc2ccccc2C2(CCN(CC3CC4CCCCC43)CC2)O1. The van der Waals surface area contributed by atoms with Gasteiger partial charge >= 0.3 is 6.09 Å². The van der Waals surface area contributed by atoms with Crippen molar-refractivity contribution >= 4 is 11.8 Å². The van der Waals surface area contributed by atoms with E-state index in [4.69, 9.17) is 4.74 Å². The highest BCUT2D eigenvalue weighted by Crippen LogP contribution is 2.50. The minimum atomic E-state index is -0.414. The second-order valence-electron chi connectivity index (χ2n) is 8.56. The molecule has 2 aliphatic heterocycles. The average molecular weight is 340 g/mol. The normalized spacial score (nSPS) is 33.6. The number of anilines is 1. The summed E-state index contributed by atoms with van der Waals surface area (Å²) in [4.78, 5) is 14.6. The van der Waals surface area contributed by atoms with Gasteiger partial charge in [-0.1, -0.05) is 37.5 Å². The van der Waals surface area contributed by atoms with Crippen molar-refractivity contribution in [1.29, 1.82) is 0 Å². The molecule has 0 radical (unpaired) electrons. The first-order valence-electron chi connectivity index (χ1n) is 10.1. The van der Waals surface area contributed by atoms with Gasteiger partial charge < -0.3 is 9.64 Å². The van der Waals surface area contributed by atoms with E-state index in [-0.39, 0.29) is 6.09 Å². The van der Waals surface area contributed by atoms with Gasteiger partial charge in [0, 0.05) is 38.0 Å². The fourth-order valence-electron chi connectivity index (χ4n) is 5.88. The molecule has 134 valence electrons. The molecule has 3 unspecified atom stereocenters. The van der Waals surface area contributed by atoms with E-state index in [1.807, 2.05) is 18.2 Å². The molecule has 3 fully saturated rings. The minimum absolute atomic E-state index is 0.295. The number of nitrogens with zero attached hydrogens (tertiary/aromatic N) is 1. The molecule has 4 nitrogen and oxygen atoms in total. The van der Waals surface area contributed by atoms with Crippen molar-refractivity contribution < 1.29 is 9.53 Å². The molecule has 3 atom stereocenters. The number of likely N-dealkylation sites (tertiary alicyclic amines) is 1. The van der Waals surface area contributed by atoms with E-state index in [2.05, 4.69) is 16.3 Å². The maximum Gasteiger partial charge on any atom is 0.412 e. The molecule has 1 aromatic rings. The molecule has 2 aliphatic carbocycles. The molecule has 1 amide bonds. The second-order valence-corrected chi connectivity index (χ2v) is 8.56. The van der Waals surface area contributed by atoms with Gasteiger partial charge in [0.2, 0.25) is 0 Å². The predicted octanol–water partition coefficient (Wildman–Crippen LogP) is 4.37. The Balaban J connectivity index is 1.25. The summed E-state index contributed by atoms with van der Waals surface area (Å²) in [6.07, 6.45) is 8.83. The van der Waals surface area contributed by atoms with Crippen molar-refractivity contribution in [2.45, 2.75) is 50.5 Å². The van der Waals surface area contributed by atoms with Crippen LogP contribution in [0.1, 0.15) is 50.5 Å². The Morgan fingerprint density at radius 2 is 1.96 bits per heavy atom. The first-order valence-corrected chi connectivity index (χ1v) is 10.1. The van der Waals surface area contributed by atoms with Crippen LogP contribution >= 0.6 is 0 Å². The highest BCUT2D eigenvalue weighted by Gasteiger charge is 2.46. The smallest absolute Gasteiger partial charge is 0.412 e. The van der Waals surface area contributed by atoms with E-state index in [1.165, 1.54) is 38.6 Å². The highest BCUT2D eigenvalue weighted by atomic mass is 16.6. The van der Waals surface area contributed by atoms with E-state index in [1.54, 1.807) is 0 Å². The number of hydrogen-bond donors (Lipinski definition) is 1. The summed E-state index contributed by atoms with van der Waals surface area (Å²) in [7, 11) is 0. The van der Waals surface area contributed by atoms with Crippen molar-refractivity contribution in [2.75, 3.05) is 25.0 Å². The van der Waals surface area contributed by atoms with Crippen molar-refractivity contribution in [2.24, 2.45) is 17.8 Å². The molecule has 4 heteroatoms. The van der Waals surface area contributed by atoms with Crippen molar-refractivity contribution in [1.82, 2.24) is 4.90 Å². The molecule has 0 bridgehead atoms. The fraction of sp³-hybridized carbons (Fsp3) is 0.667. The van der Waals surface area contributed by atoms with Gasteiger partial charge in [0.25, 0.3) is 0 Å². The standard InChI is InChI=1S/C21H28N2O2/c24-20-22-19-8-4-3-7-18(19)21(25-20)9-11-23(12-10-21)14-16-13-15-5-1-2-6-17(15)16/h3-4,7-8,15-17H,1-2,5-6,9-14H2,(H,22,24). The quantitative estimate of drug-likeness (QED) is 0.869. The van der Waals surface area contributed by atoms with Crippen LogP contribution in [0.4, 0.5) is 10.5 Å². The summed E-state index contributed by atoms with van der Waals surface area (Å²) in [5.74, 6) is 2.96. The molecular weight excluding hydrogens is 312 g/mol. The van der Waals surface area contributed by atoms with Crippen LogP contribution in [-0.2, 0) is 10.3 Å². The molecule has 4 aliphatic rings. The number of amides is 1. The lowest BCUT2D eigenvalue weighted by molar-refractivity contribution is -0.0547. The van der Waals surface area contributed by atoms with Crippen LogP contribution < -0.4 is 5.32 Å². The molecule has 2 heterocycles. The largest absolute Gasteiger partial charge is 0.438 e. The molecule has 1 spiro atoms. The van der Waals surface area contributed by atoms with Crippen molar-refractivity contribution in [3.63, 3.8) is 0 Å². The second kappa shape index (κ2) is 6.01. The number of nitrogens with one attached hydrogen (secondary N) is 1. The lowest BCUT2D eigenvalue weighted by Gasteiger charge is -2.51. The lowest BCUT2D eigenvalue weighted by atomic mass is 9.58. The van der Waals surface area contributed by atoms with Gasteiger partial charge in [-0.3, -0.25) is 5.32 Å². The Kier molecular flexibility index (Phi) is 3.77. The summed E-state index contributed by atoms with van der Waals surface area (Å²) in [5.41, 5.74) is 1.67. The van der Waals surface area contributed by atoms with Crippen molar-refractivity contribution in [3.8, 4) is 0 Å². The van der Waals surface area contributed by atoms with Gasteiger partial charge in [-0.05, 0) is 36.7 Å². The van der Waals surface area contributed by atoms with Gasteiger partial charge in [0.1, 0.15) is 5.60 Å². The maximum absolute atomic E-state index is 12.0. The Bertz CT molecular complexity index is 666. The van der Waals surface area contributed by atoms with E-state index in [9.17, 15) is 4.79 Å². The number of piperidine rings is 1. The average Bonchev–Trinajstić information content (AvgIpc) is 2.61. The highest BCUT2D eigenvalue weighted by molar-refractivity contribution is 5.88. The van der Waals surface area contributed by atoms with Crippen LogP contribution in [0, 0.1) is 17.8 Å². The van der Waals surface area contributed by atoms with Crippen molar-refractivity contribution in [3.05, 3.63) is 29.8 Å². The molecule has 1 aromatic carbocycles. The third kappa shape index (κ3) is 2.66. The number of para-hydroxylation sites is 1. The Hall–Kier alpha value is -1.55. The summed E-state index contributed by atoms with van der Waals surface area (Å²) < 4.78 is 5.84. The van der Waals surface area contributed by atoms with E-state index < -0.39 is 5.60 Å². The third-order valence-corrected chi connectivity index (χ3v) is 7.28. The number of ether oxygens (including phenoxy) is 1. The van der Waals surface area contributed by atoms with Gasteiger partial charge in [0.05, 0.1) is 5.69 Å². The molecule has 0 aromatic heterocycles. The van der Waals surface area contributed by atoms with E-state index in [0.717, 1.165) is 54.9 Å². The fourth-order valence-corrected chi connectivity index (χ4v) is 5.88. The number of carbonyl (C=O) groups is 1. The summed E-state index contributed by atoms with van der Waals surface area (Å²) in [6, 6.07) is 8.13. The topological polar surface area (TPSA) is 41.6 Å². The monoisotopic (exact) mass is 340 g/mol. The van der Waals surface area contributed by atoms with Crippen LogP contribution in [0.2, 0.25) is 0 Å². The molecule has 5 rings (SSSR count). The van der Waals surface area contributed by atoms with Crippen LogP contribution in [0.15, 0.2) is 24.3 Å². The number of benzene rings is 1. The number of fused-ring (bicyclic) bond motifs is 3. The van der Waals surface area contributed by atoms with Gasteiger partial charge in [-0.15, -0.1) is 0 Å². The predicted molar refractivity (Wildman–Crippen MR) is 97.5 cm³/mol. The van der Waals surface area contributed by atoms with E-state index in [0.29, 0.717) is 0 Å². The van der Waals surface area contributed by atoms with Crippen LogP contribution in [0.3, 0.4) is 0 Å². The van der Waals surface area contributed by atoms with Gasteiger partial charge in [-0.25, -0.2) is 4.79 Å². The van der Waals surface area contributed by atoms with Crippen LogP contribution in [-0.4, -0.2) is 30.6 Å². The summed E-state index contributed by atoms with van der Waals surface area (Å²) >= 11 is 0. The zero-order chi connectivity index (χ0) is 16.9.